The lowest BCUT2D eigenvalue weighted by Crippen LogP contribution is -2.30. The summed E-state index contributed by atoms with van der Waals surface area (Å²) in [6.45, 7) is 6.54. The van der Waals surface area contributed by atoms with Gasteiger partial charge in [0.15, 0.2) is 6.10 Å². The van der Waals surface area contributed by atoms with Gasteiger partial charge in [0.05, 0.1) is 0 Å². The molecule has 0 aromatic heterocycles. The number of hydrogen-bond acceptors (Lipinski definition) is 6. The van der Waals surface area contributed by atoms with Crippen LogP contribution in [0.3, 0.4) is 0 Å². The average Bonchev–Trinajstić information content (AvgIpc) is 3.44. The zero-order valence-corrected chi connectivity index (χ0v) is 51.4. The van der Waals surface area contributed by atoms with Gasteiger partial charge in [-0.1, -0.05) is 317 Å². The smallest absolute Gasteiger partial charge is 0.306 e. The predicted molar refractivity (Wildman–Crippen MR) is 339 cm³/mol. The van der Waals surface area contributed by atoms with Gasteiger partial charge in [0, 0.05) is 19.3 Å². The minimum atomic E-state index is -0.781. The van der Waals surface area contributed by atoms with E-state index in [-0.39, 0.29) is 31.1 Å². The van der Waals surface area contributed by atoms with Crippen molar-refractivity contribution in [2.45, 2.75) is 329 Å². The molecule has 0 saturated heterocycles. The molecule has 0 N–H and O–H groups in total. The highest BCUT2D eigenvalue weighted by Crippen LogP contribution is 2.17. The third kappa shape index (κ3) is 63.2. The largest absolute Gasteiger partial charge is 0.462 e. The molecule has 0 radical (unpaired) electrons. The van der Waals surface area contributed by atoms with E-state index in [9.17, 15) is 14.4 Å². The second-order valence-electron chi connectivity index (χ2n) is 22.0. The van der Waals surface area contributed by atoms with E-state index in [4.69, 9.17) is 14.2 Å². The van der Waals surface area contributed by atoms with Crippen LogP contribution in [0.4, 0.5) is 0 Å². The average molecular weight is 1090 g/mol. The van der Waals surface area contributed by atoms with Gasteiger partial charge in [0.1, 0.15) is 13.2 Å². The zero-order chi connectivity index (χ0) is 56.4. The fraction of sp³-hybridized carbons (Fsp3) is 0.736. The Balaban J connectivity index is 4.25. The molecule has 78 heavy (non-hydrogen) atoms. The molecule has 0 aromatic carbocycles. The molecule has 0 bridgehead atoms. The first-order valence-corrected chi connectivity index (χ1v) is 33.2. The summed E-state index contributed by atoms with van der Waals surface area (Å²) in [5.41, 5.74) is 0. The maximum atomic E-state index is 12.9. The van der Waals surface area contributed by atoms with Crippen molar-refractivity contribution in [3.63, 3.8) is 0 Å². The maximum Gasteiger partial charge on any atom is 0.306 e. The second kappa shape index (κ2) is 65.8. The summed E-state index contributed by atoms with van der Waals surface area (Å²) in [4.78, 5) is 38.2. The Hall–Kier alpha value is -3.67. The Morgan fingerprint density at radius 3 is 0.782 bits per heavy atom. The lowest BCUT2D eigenvalue weighted by molar-refractivity contribution is -0.167. The highest BCUT2D eigenvalue weighted by Gasteiger charge is 2.19. The quantitative estimate of drug-likeness (QED) is 0.0261. The molecule has 6 heteroatoms. The van der Waals surface area contributed by atoms with Gasteiger partial charge in [-0.25, -0.2) is 0 Å². The highest BCUT2D eigenvalue weighted by molar-refractivity contribution is 5.71. The number of allylic oxidation sites excluding steroid dienone is 16. The predicted octanol–water partition coefficient (Wildman–Crippen LogP) is 22.8. The molecule has 0 saturated carbocycles. The first-order chi connectivity index (χ1) is 38.5. The Morgan fingerprint density at radius 2 is 0.500 bits per heavy atom. The molecular weight excluding hydrogens is 961 g/mol. The van der Waals surface area contributed by atoms with Gasteiger partial charge in [-0.15, -0.1) is 0 Å². The van der Waals surface area contributed by atoms with E-state index in [0.717, 1.165) is 122 Å². The molecule has 448 valence electrons. The van der Waals surface area contributed by atoms with Crippen molar-refractivity contribution >= 4 is 17.9 Å². The molecule has 0 heterocycles. The fourth-order valence-corrected chi connectivity index (χ4v) is 9.40. The Bertz CT molecular complexity index is 1530. The third-order valence-corrected chi connectivity index (χ3v) is 14.4. The van der Waals surface area contributed by atoms with Crippen LogP contribution in [-0.2, 0) is 28.6 Å². The highest BCUT2D eigenvalue weighted by atomic mass is 16.6. The summed E-state index contributed by atoms with van der Waals surface area (Å²) >= 11 is 0. The minimum absolute atomic E-state index is 0.0776. The Morgan fingerprint density at radius 1 is 0.269 bits per heavy atom. The molecule has 0 spiro atoms. The van der Waals surface area contributed by atoms with E-state index in [2.05, 4.69) is 118 Å². The van der Waals surface area contributed by atoms with Gasteiger partial charge in [-0.2, -0.15) is 0 Å². The zero-order valence-electron chi connectivity index (χ0n) is 51.4. The number of ether oxygens (including phenoxy) is 3. The van der Waals surface area contributed by atoms with Crippen LogP contribution < -0.4 is 0 Å². The van der Waals surface area contributed by atoms with Crippen LogP contribution in [0, 0.1) is 0 Å². The summed E-state index contributed by atoms with van der Waals surface area (Å²) < 4.78 is 16.9. The van der Waals surface area contributed by atoms with Crippen molar-refractivity contribution in [3.8, 4) is 0 Å². The van der Waals surface area contributed by atoms with E-state index >= 15 is 0 Å². The molecule has 6 nitrogen and oxygen atoms in total. The first kappa shape index (κ1) is 74.3. The molecular formula is C72H124O6. The topological polar surface area (TPSA) is 78.9 Å². The van der Waals surface area contributed by atoms with E-state index in [1.165, 1.54) is 161 Å². The summed E-state index contributed by atoms with van der Waals surface area (Å²) in [6.07, 6.45) is 88.5. The fourth-order valence-electron chi connectivity index (χ4n) is 9.40. The molecule has 1 unspecified atom stereocenters. The molecule has 0 fully saturated rings. The van der Waals surface area contributed by atoms with Crippen LogP contribution in [0.25, 0.3) is 0 Å². The van der Waals surface area contributed by atoms with Crippen molar-refractivity contribution in [2.75, 3.05) is 13.2 Å². The van der Waals surface area contributed by atoms with Gasteiger partial charge < -0.3 is 14.2 Å². The number of carbonyl (C=O) groups excluding carboxylic acids is 3. The standard InChI is InChI=1S/C72H124O6/c1-4-7-10-13-16-19-22-24-26-28-30-31-32-33-34-35-36-37-38-39-40-41-43-44-46-48-50-53-56-59-62-65-71(74)77-68-69(67-76-70(73)64-61-58-55-52-21-18-15-12-9-6-3)78-72(75)66-63-60-57-54-51-49-47-45-42-29-27-25-23-20-17-14-11-8-5-2/h7,10,16,19,24,26,30-31,33-34,36-37,39-40,43-44,69H,4-6,8-9,11-15,17-18,20-23,25,27-29,32,35,38,41-42,45-68H2,1-3H3/b10-7-,19-16-,26-24-,31-30-,34-33-,37-36-,40-39-,44-43-. The first-order valence-electron chi connectivity index (χ1n) is 33.2. The number of unbranched alkanes of at least 4 members (excludes halogenated alkanes) is 33. The van der Waals surface area contributed by atoms with E-state index in [0.29, 0.717) is 19.3 Å². The van der Waals surface area contributed by atoms with Crippen molar-refractivity contribution in [1.29, 1.82) is 0 Å². The molecule has 0 rings (SSSR count). The Labute approximate surface area is 483 Å². The summed E-state index contributed by atoms with van der Waals surface area (Å²) in [7, 11) is 0. The number of esters is 3. The van der Waals surface area contributed by atoms with Gasteiger partial charge >= 0.3 is 17.9 Å². The molecule has 0 aliphatic rings. The molecule has 0 aromatic rings. The van der Waals surface area contributed by atoms with E-state index in [1.54, 1.807) is 0 Å². The second-order valence-corrected chi connectivity index (χ2v) is 22.0. The third-order valence-electron chi connectivity index (χ3n) is 14.4. The van der Waals surface area contributed by atoms with Crippen LogP contribution in [0.1, 0.15) is 323 Å². The normalized spacial score (nSPS) is 12.7. The van der Waals surface area contributed by atoms with Crippen molar-refractivity contribution in [1.82, 2.24) is 0 Å². The molecule has 0 amide bonds. The van der Waals surface area contributed by atoms with Crippen LogP contribution in [-0.4, -0.2) is 37.2 Å². The van der Waals surface area contributed by atoms with Gasteiger partial charge in [0.25, 0.3) is 0 Å². The van der Waals surface area contributed by atoms with Crippen molar-refractivity contribution in [3.05, 3.63) is 97.2 Å². The lowest BCUT2D eigenvalue weighted by atomic mass is 10.0. The molecule has 0 aliphatic carbocycles. The van der Waals surface area contributed by atoms with Crippen LogP contribution in [0.2, 0.25) is 0 Å². The maximum absolute atomic E-state index is 12.9. The van der Waals surface area contributed by atoms with Crippen LogP contribution in [0.5, 0.6) is 0 Å². The summed E-state index contributed by atoms with van der Waals surface area (Å²) in [5.74, 6) is -0.880. The van der Waals surface area contributed by atoms with Gasteiger partial charge in [-0.3, -0.25) is 14.4 Å². The number of carbonyl (C=O) groups is 3. The van der Waals surface area contributed by atoms with Gasteiger partial charge in [-0.05, 0) is 83.5 Å². The monoisotopic (exact) mass is 1080 g/mol. The number of hydrogen-bond donors (Lipinski definition) is 0. The minimum Gasteiger partial charge on any atom is -0.462 e. The van der Waals surface area contributed by atoms with Crippen LogP contribution in [0.15, 0.2) is 97.2 Å². The molecule has 1 atom stereocenters. The summed E-state index contributed by atoms with van der Waals surface area (Å²) in [6, 6.07) is 0. The van der Waals surface area contributed by atoms with E-state index < -0.39 is 6.10 Å². The lowest BCUT2D eigenvalue weighted by Gasteiger charge is -2.18. The van der Waals surface area contributed by atoms with Gasteiger partial charge in [0.2, 0.25) is 0 Å². The van der Waals surface area contributed by atoms with Crippen molar-refractivity contribution < 1.29 is 28.6 Å². The van der Waals surface area contributed by atoms with Crippen LogP contribution >= 0.6 is 0 Å². The number of rotatable bonds is 60. The van der Waals surface area contributed by atoms with E-state index in [1.807, 2.05) is 0 Å². The molecule has 0 aliphatic heterocycles. The Kier molecular flexibility index (Phi) is 62.7. The summed E-state index contributed by atoms with van der Waals surface area (Å²) in [5, 5.41) is 0. The van der Waals surface area contributed by atoms with Crippen molar-refractivity contribution in [2.24, 2.45) is 0 Å². The SMILES string of the molecule is CC/C=C\C/C=C\C/C=C\C/C=C\C/C=C\C/C=C\C/C=C\C/C=C\CCCCCCCCC(=O)OCC(COC(=O)CCCCCCCCCCCC)OC(=O)CCCCCCCCCCCCCCCCCCCCC.